The Bertz CT molecular complexity index is 1250. The molecule has 0 atom stereocenters. The van der Waals surface area contributed by atoms with Gasteiger partial charge in [-0.15, -0.1) is 0 Å². The number of esters is 1. The van der Waals surface area contributed by atoms with Gasteiger partial charge in [0.15, 0.2) is 0 Å². The Morgan fingerprint density at radius 2 is 1.86 bits per heavy atom. The average molecular weight is 485 g/mol. The van der Waals surface area contributed by atoms with Gasteiger partial charge in [0.2, 0.25) is 0 Å². The van der Waals surface area contributed by atoms with Crippen LogP contribution in [-0.2, 0) is 21.6 Å². The molecule has 3 heterocycles. The Morgan fingerprint density at radius 3 is 2.61 bits per heavy atom. The molecule has 2 aromatic carbocycles. The number of pyridine rings is 1. The Labute approximate surface area is 212 Å². The van der Waals surface area contributed by atoms with E-state index in [-0.39, 0.29) is 5.97 Å². The molecule has 0 radical (unpaired) electrons. The first-order valence-electron chi connectivity index (χ1n) is 12.5. The molecule has 2 aliphatic rings. The zero-order chi connectivity index (χ0) is 25.0. The van der Waals surface area contributed by atoms with Crippen LogP contribution in [-0.4, -0.2) is 49.7 Å². The smallest absolute Gasteiger partial charge is 0.316 e. The summed E-state index contributed by atoms with van der Waals surface area (Å²) in [5, 5.41) is 0. The van der Waals surface area contributed by atoms with E-state index in [1.807, 2.05) is 60.8 Å². The maximum atomic E-state index is 12.9. The van der Waals surface area contributed by atoms with Crippen LogP contribution in [0.3, 0.4) is 0 Å². The van der Waals surface area contributed by atoms with Crippen molar-refractivity contribution in [2.45, 2.75) is 31.3 Å². The Kier molecular flexibility index (Phi) is 7.05. The van der Waals surface area contributed by atoms with Crippen molar-refractivity contribution >= 4 is 11.5 Å². The van der Waals surface area contributed by atoms with E-state index in [4.69, 9.17) is 14.2 Å². The quantitative estimate of drug-likeness (QED) is 0.459. The first-order chi connectivity index (χ1) is 17.6. The van der Waals surface area contributed by atoms with Crippen molar-refractivity contribution in [3.63, 3.8) is 0 Å². The highest BCUT2D eigenvalue weighted by atomic mass is 16.5. The Hall–Kier alpha value is -3.64. The van der Waals surface area contributed by atoms with Gasteiger partial charge in [-0.1, -0.05) is 42.5 Å². The summed E-state index contributed by atoms with van der Waals surface area (Å²) < 4.78 is 16.8. The van der Waals surface area contributed by atoms with Gasteiger partial charge < -0.3 is 19.1 Å². The molecule has 5 rings (SSSR count). The second kappa shape index (κ2) is 10.5. The van der Waals surface area contributed by atoms with E-state index in [2.05, 4.69) is 22.0 Å². The van der Waals surface area contributed by atoms with E-state index in [1.54, 1.807) is 7.11 Å². The lowest BCUT2D eigenvalue weighted by molar-refractivity contribution is -0.149. The molecule has 0 unspecified atom stereocenters. The number of aromatic nitrogens is 1. The number of hydrogen-bond donors (Lipinski definition) is 0. The van der Waals surface area contributed by atoms with E-state index in [0.29, 0.717) is 6.61 Å². The van der Waals surface area contributed by atoms with Crippen molar-refractivity contribution in [3.05, 3.63) is 95.3 Å². The Balaban J connectivity index is 1.34. The number of fused-ring (bicyclic) bond motifs is 2. The van der Waals surface area contributed by atoms with Crippen molar-refractivity contribution in [3.8, 4) is 11.5 Å². The molecule has 6 heteroatoms. The number of likely N-dealkylation sites (tertiary alicyclic amines) is 1. The number of rotatable bonds is 6. The highest BCUT2D eigenvalue weighted by Gasteiger charge is 2.43. The van der Waals surface area contributed by atoms with Crippen LogP contribution in [0.1, 0.15) is 41.6 Å². The van der Waals surface area contributed by atoms with E-state index in [1.165, 1.54) is 7.11 Å². The minimum atomic E-state index is -0.566. The summed E-state index contributed by atoms with van der Waals surface area (Å²) in [6.45, 7) is 3.04. The maximum Gasteiger partial charge on any atom is 0.316 e. The molecule has 0 aliphatic carbocycles. The molecule has 36 heavy (non-hydrogen) atoms. The van der Waals surface area contributed by atoms with E-state index in [9.17, 15) is 4.79 Å². The number of piperidine rings is 1. The number of benzene rings is 2. The minimum Gasteiger partial charge on any atom is -0.497 e. The molecule has 0 saturated carbocycles. The van der Waals surface area contributed by atoms with Gasteiger partial charge in [-0.05, 0) is 67.8 Å². The third kappa shape index (κ3) is 4.61. The molecule has 0 N–H and O–H groups in total. The summed E-state index contributed by atoms with van der Waals surface area (Å²) in [6, 6.07) is 20.1. The van der Waals surface area contributed by atoms with Crippen molar-refractivity contribution in [2.75, 3.05) is 33.9 Å². The summed E-state index contributed by atoms with van der Waals surface area (Å²) in [4.78, 5) is 19.9. The standard InChI is InChI=1S/C30H32N2O4/c1-34-23-12-13-28-26(20-23)24(25-10-6-16-31-27(25)21-36-28)11-7-17-32-18-14-30(15-19-32,29(33)35-2)22-8-4-3-5-9-22/h3-6,8-13,16,20H,7,14-15,17-19,21H2,1-2H3/b24-11+. The van der Waals surface area contributed by atoms with E-state index < -0.39 is 5.41 Å². The van der Waals surface area contributed by atoms with Crippen LogP contribution >= 0.6 is 0 Å². The topological polar surface area (TPSA) is 60.9 Å². The van der Waals surface area contributed by atoms with Crippen LogP contribution in [0.25, 0.3) is 5.57 Å². The van der Waals surface area contributed by atoms with Crippen LogP contribution in [0.5, 0.6) is 11.5 Å². The van der Waals surface area contributed by atoms with Crippen LogP contribution in [0.15, 0.2) is 72.9 Å². The third-order valence-electron chi connectivity index (χ3n) is 7.43. The van der Waals surface area contributed by atoms with Crippen LogP contribution in [0.4, 0.5) is 0 Å². The van der Waals surface area contributed by atoms with Gasteiger partial charge in [0.05, 0.1) is 25.3 Å². The summed E-state index contributed by atoms with van der Waals surface area (Å²) >= 11 is 0. The average Bonchev–Trinajstić information content (AvgIpc) is 3.10. The van der Waals surface area contributed by atoms with Gasteiger partial charge >= 0.3 is 5.97 Å². The summed E-state index contributed by atoms with van der Waals surface area (Å²) in [6.07, 6.45) is 6.47. The molecule has 2 aliphatic heterocycles. The second-order valence-corrected chi connectivity index (χ2v) is 9.34. The number of ether oxygens (including phenoxy) is 3. The summed E-state index contributed by atoms with van der Waals surface area (Å²) in [5.41, 5.74) is 4.65. The van der Waals surface area contributed by atoms with Crippen molar-refractivity contribution in [2.24, 2.45) is 0 Å². The normalized spacial score (nSPS) is 17.9. The Morgan fingerprint density at radius 1 is 1.06 bits per heavy atom. The molecule has 1 saturated heterocycles. The largest absolute Gasteiger partial charge is 0.497 e. The second-order valence-electron chi connectivity index (χ2n) is 9.34. The van der Waals surface area contributed by atoms with Gasteiger partial charge in [0.1, 0.15) is 18.1 Å². The fraction of sp³-hybridized carbons (Fsp3) is 0.333. The first-order valence-corrected chi connectivity index (χ1v) is 12.5. The monoisotopic (exact) mass is 484 g/mol. The van der Waals surface area contributed by atoms with Crippen molar-refractivity contribution in [1.29, 1.82) is 0 Å². The minimum absolute atomic E-state index is 0.136. The first kappa shape index (κ1) is 24.1. The van der Waals surface area contributed by atoms with Gasteiger partial charge in [0.25, 0.3) is 0 Å². The lowest BCUT2D eigenvalue weighted by atomic mass is 9.72. The van der Waals surface area contributed by atoms with E-state index in [0.717, 1.165) is 78.4 Å². The SMILES string of the molecule is COC(=O)C1(c2ccccc2)CCN(CC/C=C2/c3cc(OC)ccc3OCc3ncccc32)CC1. The van der Waals surface area contributed by atoms with E-state index >= 15 is 0 Å². The predicted octanol–water partition coefficient (Wildman–Crippen LogP) is 5.01. The van der Waals surface area contributed by atoms with Gasteiger partial charge in [-0.25, -0.2) is 0 Å². The molecule has 6 nitrogen and oxygen atoms in total. The number of carbonyl (C=O) groups is 1. The maximum absolute atomic E-state index is 12.9. The van der Waals surface area contributed by atoms with Gasteiger partial charge in [0, 0.05) is 23.9 Å². The lowest BCUT2D eigenvalue weighted by Gasteiger charge is -2.40. The fourth-order valence-corrected chi connectivity index (χ4v) is 5.39. The van der Waals surface area contributed by atoms with Crippen LogP contribution in [0, 0.1) is 0 Å². The highest BCUT2D eigenvalue weighted by Crippen LogP contribution is 2.39. The summed E-state index contributed by atoms with van der Waals surface area (Å²) in [7, 11) is 3.17. The molecule has 1 fully saturated rings. The van der Waals surface area contributed by atoms with Crippen molar-refractivity contribution < 1.29 is 19.0 Å². The number of nitrogens with zero attached hydrogens (tertiary/aromatic N) is 2. The number of hydrogen-bond acceptors (Lipinski definition) is 6. The molecule has 0 amide bonds. The lowest BCUT2D eigenvalue weighted by Crippen LogP contribution is -2.48. The van der Waals surface area contributed by atoms with Gasteiger partial charge in [-0.3, -0.25) is 9.78 Å². The van der Waals surface area contributed by atoms with Crippen LogP contribution < -0.4 is 9.47 Å². The number of methoxy groups -OCH3 is 2. The van der Waals surface area contributed by atoms with Gasteiger partial charge in [-0.2, -0.15) is 0 Å². The molecular formula is C30H32N2O4. The predicted molar refractivity (Wildman–Crippen MR) is 139 cm³/mol. The molecule has 0 spiro atoms. The molecular weight excluding hydrogens is 452 g/mol. The molecule has 0 bridgehead atoms. The molecule has 1 aromatic heterocycles. The zero-order valence-electron chi connectivity index (χ0n) is 20.9. The summed E-state index contributed by atoms with van der Waals surface area (Å²) in [5.74, 6) is 1.50. The highest BCUT2D eigenvalue weighted by molar-refractivity contribution is 5.85. The fourth-order valence-electron chi connectivity index (χ4n) is 5.39. The number of carbonyl (C=O) groups excluding carboxylic acids is 1. The van der Waals surface area contributed by atoms with Crippen LogP contribution in [0.2, 0.25) is 0 Å². The molecule has 186 valence electrons. The third-order valence-corrected chi connectivity index (χ3v) is 7.43. The zero-order valence-corrected chi connectivity index (χ0v) is 20.9. The van der Waals surface area contributed by atoms with Crippen molar-refractivity contribution in [1.82, 2.24) is 9.88 Å². The molecule has 3 aromatic rings.